The van der Waals surface area contributed by atoms with Crippen molar-refractivity contribution in [2.24, 2.45) is 5.41 Å². The summed E-state index contributed by atoms with van der Waals surface area (Å²) in [5, 5.41) is 22.7. The number of pyridine rings is 2. The first-order chi connectivity index (χ1) is 19.1. The number of H-pyrrole nitrogens is 1. The Labute approximate surface area is 243 Å². The Bertz CT molecular complexity index is 1570. The predicted octanol–water partition coefficient (Wildman–Crippen LogP) is 6.17. The van der Waals surface area contributed by atoms with Crippen molar-refractivity contribution in [3.8, 4) is 28.8 Å². The third-order valence-electron chi connectivity index (χ3n) is 7.09. The second-order valence-electron chi connectivity index (χ2n) is 10.8. The molecule has 9 nitrogen and oxygen atoms in total. The summed E-state index contributed by atoms with van der Waals surface area (Å²) in [6.07, 6.45) is 4.35. The zero-order chi connectivity index (χ0) is 28.6. The molecule has 0 radical (unpaired) electrons. The molecule has 3 aromatic heterocycles. The summed E-state index contributed by atoms with van der Waals surface area (Å²) in [7, 11) is 1.57. The molecule has 5 rings (SSSR count). The van der Waals surface area contributed by atoms with Gasteiger partial charge in [0.15, 0.2) is 11.5 Å². The summed E-state index contributed by atoms with van der Waals surface area (Å²) in [5.41, 5.74) is 3.42. The summed E-state index contributed by atoms with van der Waals surface area (Å²) >= 11 is 12.7. The number of aromatic amines is 1. The number of benzene rings is 1. The first-order valence-corrected chi connectivity index (χ1v) is 13.8. The van der Waals surface area contributed by atoms with E-state index in [0.717, 1.165) is 36.1 Å². The first kappa shape index (κ1) is 28.0. The van der Waals surface area contributed by atoms with E-state index in [1.807, 2.05) is 25.1 Å². The minimum absolute atomic E-state index is 0.146. The molecule has 0 saturated carbocycles. The van der Waals surface area contributed by atoms with Gasteiger partial charge in [0, 0.05) is 72.3 Å². The van der Waals surface area contributed by atoms with Gasteiger partial charge in [0.05, 0.1) is 28.2 Å². The maximum atomic E-state index is 9.97. The van der Waals surface area contributed by atoms with Crippen molar-refractivity contribution in [1.29, 1.82) is 5.26 Å². The number of aromatic nitrogens is 4. The van der Waals surface area contributed by atoms with Gasteiger partial charge in [0.25, 0.3) is 0 Å². The summed E-state index contributed by atoms with van der Waals surface area (Å²) in [6, 6.07) is 8.27. The van der Waals surface area contributed by atoms with E-state index in [1.54, 1.807) is 13.3 Å². The van der Waals surface area contributed by atoms with Gasteiger partial charge in [-0.05, 0) is 19.1 Å². The monoisotopic (exact) mass is 579 g/mol. The van der Waals surface area contributed by atoms with E-state index in [0.29, 0.717) is 50.2 Å². The van der Waals surface area contributed by atoms with Gasteiger partial charge >= 0.3 is 0 Å². The lowest BCUT2D eigenvalue weighted by molar-refractivity contribution is 0.216. The molecule has 1 aliphatic rings. The molecule has 1 fully saturated rings. The van der Waals surface area contributed by atoms with Crippen molar-refractivity contribution in [2.75, 3.05) is 31.6 Å². The van der Waals surface area contributed by atoms with Crippen molar-refractivity contribution in [3.63, 3.8) is 0 Å². The molecular weight excluding hydrogens is 549 g/mol. The van der Waals surface area contributed by atoms with Crippen LogP contribution >= 0.6 is 23.2 Å². The molecule has 1 aliphatic heterocycles. The molecule has 1 saturated heterocycles. The van der Waals surface area contributed by atoms with E-state index in [4.69, 9.17) is 37.7 Å². The molecule has 0 bridgehead atoms. The number of methoxy groups -OCH3 is 1. The van der Waals surface area contributed by atoms with Crippen LogP contribution in [0.1, 0.15) is 44.9 Å². The highest BCUT2D eigenvalue weighted by atomic mass is 35.5. The first-order valence-electron chi connectivity index (χ1n) is 13.0. The number of ether oxygens (including phenoxy) is 2. The number of fused-ring (bicyclic) bond motifs is 1. The molecule has 2 N–H and O–H groups in total. The van der Waals surface area contributed by atoms with Crippen molar-refractivity contribution in [3.05, 3.63) is 58.0 Å². The summed E-state index contributed by atoms with van der Waals surface area (Å²) in [4.78, 5) is 10.9. The van der Waals surface area contributed by atoms with Crippen LogP contribution in [0.25, 0.3) is 22.2 Å². The van der Waals surface area contributed by atoms with Crippen molar-refractivity contribution < 1.29 is 9.47 Å². The van der Waals surface area contributed by atoms with Gasteiger partial charge in [0.2, 0.25) is 0 Å². The number of nitrogens with zero attached hydrogens (tertiary/aromatic N) is 5. The van der Waals surface area contributed by atoms with Gasteiger partial charge in [-0.15, -0.1) is 0 Å². The molecule has 208 valence electrons. The van der Waals surface area contributed by atoms with Crippen LogP contribution in [0.2, 0.25) is 10.0 Å². The maximum absolute atomic E-state index is 9.97. The second kappa shape index (κ2) is 11.1. The van der Waals surface area contributed by atoms with Gasteiger partial charge in [-0.1, -0.05) is 44.0 Å². The average molecular weight is 581 g/mol. The van der Waals surface area contributed by atoms with Gasteiger partial charge < -0.3 is 19.7 Å². The summed E-state index contributed by atoms with van der Waals surface area (Å²) < 4.78 is 11.9. The van der Waals surface area contributed by atoms with Gasteiger partial charge in [-0.2, -0.15) is 10.4 Å². The second-order valence-corrected chi connectivity index (χ2v) is 11.6. The topological polar surface area (TPSA) is 112 Å². The van der Waals surface area contributed by atoms with Crippen LogP contribution in [0.4, 0.5) is 5.82 Å². The van der Waals surface area contributed by atoms with Crippen LogP contribution in [0.5, 0.6) is 11.5 Å². The molecule has 4 heterocycles. The number of rotatable bonds is 9. The fraction of sp³-hybridized carbons (Fsp3) is 0.379. The standard InChI is InChI=1S/C29H31Cl2N7O2/c1-16(2)35-13-29(4)14-38(15-29)28-18(9-32)6-19(10-34-28)27-20-7-25(24(39-5)8-23(20)36-37-27)40-17(3)26-21(30)11-33-12-22(26)31/h6-8,10-12,16-17,35H,13-15H2,1-5H3,(H,36,37)/t17-/m1/s1. The molecular formula is C29H31Cl2N7O2. The molecule has 40 heavy (non-hydrogen) atoms. The molecule has 4 aromatic rings. The van der Waals surface area contributed by atoms with Gasteiger partial charge in [-0.25, -0.2) is 4.98 Å². The van der Waals surface area contributed by atoms with Crippen LogP contribution in [0.3, 0.4) is 0 Å². The third-order valence-corrected chi connectivity index (χ3v) is 7.69. The van der Waals surface area contributed by atoms with E-state index < -0.39 is 6.10 Å². The van der Waals surface area contributed by atoms with E-state index in [9.17, 15) is 5.26 Å². The van der Waals surface area contributed by atoms with Crippen molar-refractivity contribution in [2.45, 2.75) is 39.8 Å². The predicted molar refractivity (Wildman–Crippen MR) is 157 cm³/mol. The number of anilines is 1. The molecule has 11 heteroatoms. The number of nitriles is 1. The normalized spacial score (nSPS) is 15.1. The average Bonchev–Trinajstić information content (AvgIpc) is 3.32. The lowest BCUT2D eigenvalue weighted by Gasteiger charge is -2.49. The van der Waals surface area contributed by atoms with Gasteiger partial charge in [-0.3, -0.25) is 10.1 Å². The van der Waals surface area contributed by atoms with Crippen LogP contribution in [0.15, 0.2) is 36.8 Å². The smallest absolute Gasteiger partial charge is 0.162 e. The number of hydrogen-bond acceptors (Lipinski definition) is 8. The molecule has 0 unspecified atom stereocenters. The number of hydrogen-bond donors (Lipinski definition) is 2. The number of nitrogens with one attached hydrogen (secondary N) is 2. The third kappa shape index (κ3) is 5.39. The van der Waals surface area contributed by atoms with Gasteiger partial charge in [0.1, 0.15) is 23.7 Å². The summed E-state index contributed by atoms with van der Waals surface area (Å²) in [5.74, 6) is 1.71. The lowest BCUT2D eigenvalue weighted by Crippen LogP contribution is -2.60. The fourth-order valence-corrected chi connectivity index (χ4v) is 5.74. The Morgan fingerprint density at radius 2 is 1.85 bits per heavy atom. The minimum Gasteiger partial charge on any atom is -0.493 e. The highest BCUT2D eigenvalue weighted by Crippen LogP contribution is 2.41. The van der Waals surface area contributed by atoms with Crippen LogP contribution in [-0.4, -0.2) is 53.0 Å². The van der Waals surface area contributed by atoms with Crippen molar-refractivity contribution in [1.82, 2.24) is 25.5 Å². The molecule has 0 aliphatic carbocycles. The highest BCUT2D eigenvalue weighted by Gasteiger charge is 2.40. The van der Waals surface area contributed by atoms with Crippen LogP contribution in [-0.2, 0) is 0 Å². The maximum Gasteiger partial charge on any atom is 0.162 e. The Balaban J connectivity index is 1.44. The zero-order valence-electron chi connectivity index (χ0n) is 23.0. The quantitative estimate of drug-likeness (QED) is 0.242. The Morgan fingerprint density at radius 3 is 2.50 bits per heavy atom. The van der Waals surface area contributed by atoms with Crippen molar-refractivity contribution >= 4 is 39.9 Å². The SMILES string of the molecule is COc1cc2[nH]nc(-c3cnc(N4CC(C)(CNC(C)C)C4)c(C#N)c3)c2cc1O[C@H](C)c1c(Cl)cncc1Cl. The highest BCUT2D eigenvalue weighted by molar-refractivity contribution is 6.35. The molecule has 1 aromatic carbocycles. The Kier molecular flexibility index (Phi) is 7.78. The van der Waals surface area contributed by atoms with E-state index in [2.05, 4.69) is 52.2 Å². The summed E-state index contributed by atoms with van der Waals surface area (Å²) in [6.45, 7) is 11.0. The van der Waals surface area contributed by atoms with Crippen LogP contribution < -0.4 is 19.7 Å². The molecule has 0 amide bonds. The van der Waals surface area contributed by atoms with Crippen LogP contribution in [0, 0.1) is 16.7 Å². The minimum atomic E-state index is -0.478. The fourth-order valence-electron chi connectivity index (χ4n) is 5.06. The molecule has 0 spiro atoms. The zero-order valence-corrected chi connectivity index (χ0v) is 24.6. The lowest BCUT2D eigenvalue weighted by atomic mass is 9.81. The molecule has 1 atom stereocenters. The Morgan fingerprint density at radius 1 is 1.12 bits per heavy atom. The largest absolute Gasteiger partial charge is 0.493 e. The van der Waals surface area contributed by atoms with E-state index in [-0.39, 0.29) is 5.41 Å². The van der Waals surface area contributed by atoms with E-state index in [1.165, 1.54) is 12.4 Å². The Hall–Kier alpha value is -3.58. The number of halogens is 2. The van der Waals surface area contributed by atoms with E-state index >= 15 is 0 Å².